The van der Waals surface area contributed by atoms with Crippen molar-refractivity contribution in [2.75, 3.05) is 0 Å². The number of carbonyl (C=O) groups is 2. The highest BCUT2D eigenvalue weighted by atomic mass is 32.1. The van der Waals surface area contributed by atoms with Crippen molar-refractivity contribution in [3.8, 4) is 0 Å². The molecule has 0 aliphatic rings. The van der Waals surface area contributed by atoms with Gasteiger partial charge in [-0.05, 0) is 50.5 Å². The average molecular weight is 425 g/mol. The minimum atomic E-state index is 0.180. The van der Waals surface area contributed by atoms with Gasteiger partial charge in [-0.25, -0.2) is 0 Å². The first-order valence-electron chi connectivity index (χ1n) is 11.4. The second-order valence-corrected chi connectivity index (χ2v) is 6.15. The maximum absolute atomic E-state index is 11.7. The predicted octanol–water partition coefficient (Wildman–Crippen LogP) is 8.90. The van der Waals surface area contributed by atoms with E-state index in [0.717, 1.165) is 34.4 Å². The van der Waals surface area contributed by atoms with Gasteiger partial charge in [0.15, 0.2) is 5.78 Å². The fraction of sp³-hybridized carbons (Fsp3) is 0.615. The zero-order valence-electron chi connectivity index (χ0n) is 21.1. The number of aryl methyl sites for hydroxylation is 1. The van der Waals surface area contributed by atoms with E-state index in [1.54, 1.807) is 6.92 Å². The number of thiol groups is 1. The van der Waals surface area contributed by atoms with E-state index in [1.165, 1.54) is 12.8 Å². The summed E-state index contributed by atoms with van der Waals surface area (Å²) in [5, 5.41) is 0. The van der Waals surface area contributed by atoms with Crippen LogP contribution in [0.15, 0.2) is 29.2 Å². The van der Waals surface area contributed by atoms with Crippen molar-refractivity contribution in [1.82, 2.24) is 0 Å². The predicted molar refractivity (Wildman–Crippen MR) is 136 cm³/mol. The van der Waals surface area contributed by atoms with Crippen LogP contribution in [0.2, 0.25) is 0 Å². The standard InChI is InChI=1S/C13H16OS.C7H14O.3C2H6/c1-4-11(13(14)5-2)12-8-10(15)7-6-9(12)3;1-3-4-5-6-7(2)8;3*1-2/h4,6-8,15H,5H2,1-3H3;3-6H2,1-2H3;3*1-2H3/b11-4+;;;;. The molecular formula is C26H48O2S. The van der Waals surface area contributed by atoms with Gasteiger partial charge >= 0.3 is 0 Å². The van der Waals surface area contributed by atoms with E-state index in [2.05, 4.69) is 19.6 Å². The van der Waals surface area contributed by atoms with Crippen molar-refractivity contribution in [1.29, 1.82) is 0 Å². The minimum absolute atomic E-state index is 0.180. The molecule has 0 heterocycles. The molecule has 0 spiro atoms. The Hall–Kier alpha value is -1.35. The van der Waals surface area contributed by atoms with Gasteiger partial charge in [0, 0.05) is 23.3 Å². The van der Waals surface area contributed by atoms with Gasteiger partial charge in [0.25, 0.3) is 0 Å². The molecule has 2 nitrogen and oxygen atoms in total. The molecule has 0 fully saturated rings. The van der Waals surface area contributed by atoms with Crippen molar-refractivity contribution in [3.05, 3.63) is 35.4 Å². The first-order valence-corrected chi connectivity index (χ1v) is 11.8. The molecule has 1 aromatic carbocycles. The number of allylic oxidation sites excluding steroid dienone is 2. The normalized spacial score (nSPS) is 9.17. The van der Waals surface area contributed by atoms with Crippen LogP contribution in [0.25, 0.3) is 5.57 Å². The number of hydrogen-bond acceptors (Lipinski definition) is 3. The molecule has 0 saturated carbocycles. The SMILES string of the molecule is C/C=C(/C(=O)CC)c1cc(S)ccc1C.CC.CC.CC.CCCCCC(C)=O. The number of ketones is 2. The van der Waals surface area contributed by atoms with Crippen LogP contribution in [0.5, 0.6) is 0 Å². The van der Waals surface area contributed by atoms with Crippen LogP contribution in [0, 0.1) is 6.92 Å². The number of benzene rings is 1. The Balaban J connectivity index is -0.000000189. The van der Waals surface area contributed by atoms with Gasteiger partial charge in [0.05, 0.1) is 0 Å². The van der Waals surface area contributed by atoms with Crippen LogP contribution in [-0.4, -0.2) is 11.6 Å². The Bertz CT molecular complexity index is 546. The smallest absolute Gasteiger partial charge is 0.162 e. The van der Waals surface area contributed by atoms with Gasteiger partial charge in [-0.2, -0.15) is 0 Å². The zero-order valence-corrected chi connectivity index (χ0v) is 22.0. The summed E-state index contributed by atoms with van der Waals surface area (Å²) in [5.41, 5.74) is 2.91. The Kier molecular flexibility index (Phi) is 32.3. The summed E-state index contributed by atoms with van der Waals surface area (Å²) in [6.45, 7) is 21.6. The zero-order chi connectivity index (χ0) is 23.8. The van der Waals surface area contributed by atoms with Crippen LogP contribution in [0.3, 0.4) is 0 Å². The van der Waals surface area contributed by atoms with Gasteiger partial charge < -0.3 is 4.79 Å². The second-order valence-electron chi connectivity index (χ2n) is 5.64. The Labute approximate surface area is 188 Å². The van der Waals surface area contributed by atoms with Crippen LogP contribution in [0.4, 0.5) is 0 Å². The molecule has 29 heavy (non-hydrogen) atoms. The summed E-state index contributed by atoms with van der Waals surface area (Å²) in [6, 6.07) is 5.87. The largest absolute Gasteiger partial charge is 0.300 e. The molecule has 0 N–H and O–H groups in total. The monoisotopic (exact) mass is 424 g/mol. The van der Waals surface area contributed by atoms with E-state index in [9.17, 15) is 9.59 Å². The van der Waals surface area contributed by atoms with E-state index < -0.39 is 0 Å². The van der Waals surface area contributed by atoms with Crippen LogP contribution < -0.4 is 0 Å². The van der Waals surface area contributed by atoms with Crippen LogP contribution in [0.1, 0.15) is 112 Å². The third-order valence-corrected chi connectivity index (χ3v) is 3.83. The molecule has 170 valence electrons. The third kappa shape index (κ3) is 19.7. The molecule has 3 heteroatoms. The fourth-order valence-corrected chi connectivity index (χ4v) is 2.38. The molecule has 0 amide bonds. The minimum Gasteiger partial charge on any atom is -0.300 e. The molecule has 1 aromatic rings. The van der Waals surface area contributed by atoms with E-state index >= 15 is 0 Å². The topological polar surface area (TPSA) is 34.1 Å². The molecule has 0 aliphatic heterocycles. The molecule has 0 aromatic heterocycles. The first-order chi connectivity index (χ1) is 13.9. The number of hydrogen-bond donors (Lipinski definition) is 1. The molecule has 0 unspecified atom stereocenters. The van der Waals surface area contributed by atoms with Gasteiger partial charge in [0.2, 0.25) is 0 Å². The van der Waals surface area contributed by atoms with Crippen molar-refractivity contribution in [3.63, 3.8) is 0 Å². The molecule has 0 saturated heterocycles. The lowest BCUT2D eigenvalue weighted by molar-refractivity contribution is -0.117. The summed E-state index contributed by atoms with van der Waals surface area (Å²) >= 11 is 4.29. The van der Waals surface area contributed by atoms with Gasteiger partial charge in [-0.3, -0.25) is 4.79 Å². The quantitative estimate of drug-likeness (QED) is 0.269. The van der Waals surface area contributed by atoms with Crippen molar-refractivity contribution in [2.45, 2.75) is 113 Å². The first kappa shape index (κ1) is 35.1. The summed E-state index contributed by atoms with van der Waals surface area (Å²) < 4.78 is 0. The number of rotatable bonds is 7. The lowest BCUT2D eigenvalue weighted by atomic mass is 9.96. The average Bonchev–Trinajstić information content (AvgIpc) is 2.75. The highest BCUT2D eigenvalue weighted by molar-refractivity contribution is 7.80. The number of carbonyl (C=O) groups excluding carboxylic acids is 2. The molecule has 0 bridgehead atoms. The fourth-order valence-electron chi connectivity index (χ4n) is 2.18. The van der Waals surface area contributed by atoms with Crippen LogP contribution in [-0.2, 0) is 9.59 Å². The highest BCUT2D eigenvalue weighted by Crippen LogP contribution is 2.23. The molecule has 0 radical (unpaired) electrons. The maximum Gasteiger partial charge on any atom is 0.162 e. The van der Waals surface area contributed by atoms with E-state index in [-0.39, 0.29) is 5.78 Å². The summed E-state index contributed by atoms with van der Waals surface area (Å²) in [6.07, 6.45) is 6.66. The van der Waals surface area contributed by atoms with Crippen molar-refractivity contribution in [2.24, 2.45) is 0 Å². The number of Topliss-reactive ketones (excluding diaryl/α,β-unsaturated/α-hetero) is 2. The van der Waals surface area contributed by atoms with Crippen molar-refractivity contribution >= 4 is 29.8 Å². The maximum atomic E-state index is 11.7. The summed E-state index contributed by atoms with van der Waals surface area (Å²) in [7, 11) is 0. The number of unbranched alkanes of at least 4 members (excludes halogenated alkanes) is 2. The molecule has 0 aliphatic carbocycles. The summed E-state index contributed by atoms with van der Waals surface area (Å²) in [4.78, 5) is 22.9. The summed E-state index contributed by atoms with van der Waals surface area (Å²) in [5.74, 6) is 0.498. The lowest BCUT2D eigenvalue weighted by Crippen LogP contribution is -2.01. The lowest BCUT2D eigenvalue weighted by Gasteiger charge is -2.09. The van der Waals surface area contributed by atoms with E-state index in [0.29, 0.717) is 12.2 Å². The van der Waals surface area contributed by atoms with E-state index in [4.69, 9.17) is 0 Å². The van der Waals surface area contributed by atoms with E-state index in [1.807, 2.05) is 86.6 Å². The molecule has 1 rings (SSSR count). The van der Waals surface area contributed by atoms with Crippen LogP contribution >= 0.6 is 12.6 Å². The Morgan fingerprint density at radius 3 is 1.86 bits per heavy atom. The van der Waals surface area contributed by atoms with Gasteiger partial charge in [0.1, 0.15) is 5.78 Å². The second kappa shape index (κ2) is 26.6. The Morgan fingerprint density at radius 1 is 0.966 bits per heavy atom. The van der Waals surface area contributed by atoms with Gasteiger partial charge in [-0.1, -0.05) is 80.4 Å². The van der Waals surface area contributed by atoms with Gasteiger partial charge in [-0.15, -0.1) is 12.6 Å². The Morgan fingerprint density at radius 2 is 1.48 bits per heavy atom. The molecule has 0 atom stereocenters. The highest BCUT2D eigenvalue weighted by Gasteiger charge is 2.11. The third-order valence-electron chi connectivity index (χ3n) is 3.55. The van der Waals surface area contributed by atoms with Crippen molar-refractivity contribution < 1.29 is 9.59 Å². The molecular weight excluding hydrogens is 376 g/mol.